The van der Waals surface area contributed by atoms with Gasteiger partial charge in [-0.15, -0.1) is 0 Å². The van der Waals surface area contributed by atoms with E-state index in [1.54, 1.807) is 41.6 Å². The van der Waals surface area contributed by atoms with Crippen LogP contribution < -0.4 is 20.7 Å². The predicted octanol–water partition coefficient (Wildman–Crippen LogP) is 6.80. The molecule has 0 unspecified atom stereocenters. The van der Waals surface area contributed by atoms with Gasteiger partial charge in [-0.1, -0.05) is 6.07 Å². The van der Waals surface area contributed by atoms with Crippen molar-refractivity contribution in [3.63, 3.8) is 0 Å². The normalized spacial score (nSPS) is 11.3. The first kappa shape index (κ1) is 25.7. The standard InChI is InChI=1S/C28H29FN8O2/c1-16(2)33-26-13-20(9-10-30-26)39-19-6-8-22(21(29)12-19)34-28(38)35-25-14-37(17(3)4)36-27(25)18-5-7-23-24(11-18)32-15-31-23/h5-17H,1-4H3,(H,30,33)(H,31,32)(H2,34,35,38). The minimum Gasteiger partial charge on any atom is -0.457 e. The Kier molecular flexibility index (Phi) is 7.13. The molecule has 0 radical (unpaired) electrons. The Hall–Kier alpha value is -4.93. The number of halogens is 1. The van der Waals surface area contributed by atoms with Gasteiger partial charge in [0.2, 0.25) is 0 Å². The average Bonchev–Trinajstić information content (AvgIpc) is 3.52. The van der Waals surface area contributed by atoms with Crippen molar-refractivity contribution in [1.82, 2.24) is 24.7 Å². The summed E-state index contributed by atoms with van der Waals surface area (Å²) in [6, 6.07) is 13.0. The fraction of sp³-hybridized carbons (Fsp3) is 0.214. The van der Waals surface area contributed by atoms with Gasteiger partial charge in [-0.2, -0.15) is 5.10 Å². The van der Waals surface area contributed by atoms with Gasteiger partial charge in [0.25, 0.3) is 0 Å². The van der Waals surface area contributed by atoms with Gasteiger partial charge in [0.15, 0.2) is 0 Å². The zero-order chi connectivity index (χ0) is 27.5. The van der Waals surface area contributed by atoms with Crippen molar-refractivity contribution in [2.24, 2.45) is 0 Å². The van der Waals surface area contributed by atoms with Crippen LogP contribution in [0.5, 0.6) is 11.5 Å². The number of carbonyl (C=O) groups is 1. The van der Waals surface area contributed by atoms with Crippen LogP contribution in [0.3, 0.4) is 0 Å². The molecule has 39 heavy (non-hydrogen) atoms. The fourth-order valence-electron chi connectivity index (χ4n) is 3.96. The largest absolute Gasteiger partial charge is 0.457 e. The molecule has 5 aromatic rings. The lowest BCUT2D eigenvalue weighted by Crippen LogP contribution is -2.20. The van der Waals surface area contributed by atoms with E-state index in [0.717, 1.165) is 16.6 Å². The van der Waals surface area contributed by atoms with E-state index in [1.165, 1.54) is 12.1 Å². The molecule has 5 rings (SSSR count). The molecule has 11 heteroatoms. The predicted molar refractivity (Wildman–Crippen MR) is 150 cm³/mol. The molecule has 3 aromatic heterocycles. The molecule has 0 bridgehead atoms. The maximum absolute atomic E-state index is 14.9. The summed E-state index contributed by atoms with van der Waals surface area (Å²) in [5.41, 5.74) is 3.54. The fourth-order valence-corrected chi connectivity index (χ4v) is 3.96. The molecule has 200 valence electrons. The van der Waals surface area contributed by atoms with Crippen LogP contribution in [0.25, 0.3) is 22.3 Å². The summed E-state index contributed by atoms with van der Waals surface area (Å²) < 4.78 is 22.4. The van der Waals surface area contributed by atoms with Gasteiger partial charge in [0.1, 0.15) is 28.8 Å². The Bertz CT molecular complexity index is 1630. The summed E-state index contributed by atoms with van der Waals surface area (Å²) in [4.78, 5) is 24.5. The molecule has 0 saturated carbocycles. The van der Waals surface area contributed by atoms with Crippen LogP contribution in [0.2, 0.25) is 0 Å². The Balaban J connectivity index is 1.31. The van der Waals surface area contributed by atoms with E-state index in [9.17, 15) is 9.18 Å². The second-order valence-electron chi connectivity index (χ2n) is 9.60. The Labute approximate surface area is 224 Å². The van der Waals surface area contributed by atoms with Crippen molar-refractivity contribution in [2.45, 2.75) is 39.8 Å². The van der Waals surface area contributed by atoms with Crippen LogP contribution in [0.1, 0.15) is 33.7 Å². The molecule has 3 heterocycles. The minimum atomic E-state index is -0.640. The zero-order valence-corrected chi connectivity index (χ0v) is 22.0. The van der Waals surface area contributed by atoms with Gasteiger partial charge in [-0.05, 0) is 58.0 Å². The summed E-state index contributed by atoms with van der Waals surface area (Å²) in [5.74, 6) is 0.810. The third kappa shape index (κ3) is 5.98. The Morgan fingerprint density at radius 3 is 2.54 bits per heavy atom. The first-order chi connectivity index (χ1) is 18.7. The number of benzene rings is 2. The highest BCUT2D eigenvalue weighted by Gasteiger charge is 2.17. The Morgan fingerprint density at radius 1 is 0.974 bits per heavy atom. The number of imidazole rings is 1. The van der Waals surface area contributed by atoms with Gasteiger partial charge in [-0.25, -0.2) is 19.2 Å². The number of anilines is 3. The van der Waals surface area contributed by atoms with Crippen molar-refractivity contribution in [2.75, 3.05) is 16.0 Å². The number of nitrogens with one attached hydrogen (secondary N) is 4. The number of aromatic amines is 1. The van der Waals surface area contributed by atoms with Crippen molar-refractivity contribution in [1.29, 1.82) is 0 Å². The van der Waals surface area contributed by atoms with Crippen LogP contribution >= 0.6 is 0 Å². The molecule has 2 aromatic carbocycles. The van der Waals surface area contributed by atoms with Crippen LogP contribution in [0.4, 0.5) is 26.4 Å². The zero-order valence-electron chi connectivity index (χ0n) is 22.0. The molecule has 0 spiro atoms. The van der Waals surface area contributed by atoms with Crippen molar-refractivity contribution < 1.29 is 13.9 Å². The topological polar surface area (TPSA) is 122 Å². The average molecular weight is 529 g/mol. The number of aromatic nitrogens is 5. The van der Waals surface area contributed by atoms with E-state index in [1.807, 2.05) is 45.9 Å². The maximum atomic E-state index is 14.9. The van der Waals surface area contributed by atoms with E-state index in [-0.39, 0.29) is 23.5 Å². The molecule has 0 aliphatic carbocycles. The van der Waals surface area contributed by atoms with Gasteiger partial charge < -0.3 is 25.7 Å². The third-order valence-electron chi connectivity index (χ3n) is 5.80. The van der Waals surface area contributed by atoms with E-state index in [2.05, 4.69) is 36.0 Å². The summed E-state index contributed by atoms with van der Waals surface area (Å²) in [6.07, 6.45) is 4.98. The lowest BCUT2D eigenvalue weighted by atomic mass is 10.1. The van der Waals surface area contributed by atoms with Crippen LogP contribution in [0.15, 0.2) is 67.3 Å². The lowest BCUT2D eigenvalue weighted by Gasteiger charge is -2.12. The molecule has 10 nitrogen and oxygen atoms in total. The summed E-state index contributed by atoms with van der Waals surface area (Å²) in [6.45, 7) is 7.99. The summed E-state index contributed by atoms with van der Waals surface area (Å²) >= 11 is 0. The van der Waals surface area contributed by atoms with Crippen molar-refractivity contribution >= 4 is 34.3 Å². The van der Waals surface area contributed by atoms with Gasteiger partial charge in [-0.3, -0.25) is 4.68 Å². The van der Waals surface area contributed by atoms with Gasteiger partial charge in [0, 0.05) is 42.2 Å². The van der Waals surface area contributed by atoms with Crippen LogP contribution in [-0.2, 0) is 0 Å². The molecular formula is C28H29FN8O2. The maximum Gasteiger partial charge on any atom is 0.323 e. The van der Waals surface area contributed by atoms with Crippen LogP contribution in [-0.4, -0.2) is 36.8 Å². The first-order valence-corrected chi connectivity index (χ1v) is 12.6. The highest BCUT2D eigenvalue weighted by molar-refractivity contribution is 6.02. The third-order valence-corrected chi connectivity index (χ3v) is 5.80. The highest BCUT2D eigenvalue weighted by atomic mass is 19.1. The lowest BCUT2D eigenvalue weighted by molar-refractivity contribution is 0.262. The number of pyridine rings is 1. The quantitative estimate of drug-likeness (QED) is 0.176. The molecule has 4 N–H and O–H groups in total. The summed E-state index contributed by atoms with van der Waals surface area (Å²) in [7, 11) is 0. The van der Waals surface area contributed by atoms with Gasteiger partial charge in [0.05, 0.1) is 28.7 Å². The molecule has 2 amide bonds. The number of rotatable bonds is 8. The number of hydrogen-bond donors (Lipinski definition) is 4. The number of nitrogens with zero attached hydrogens (tertiary/aromatic N) is 4. The SMILES string of the molecule is CC(C)Nc1cc(Oc2ccc(NC(=O)Nc3cn(C(C)C)nc3-c3ccc4[nH]cnc4c3)c(F)c2)ccn1. The first-order valence-electron chi connectivity index (χ1n) is 12.6. The minimum absolute atomic E-state index is 0.00693. The van der Waals surface area contributed by atoms with Gasteiger partial charge >= 0.3 is 6.03 Å². The number of H-pyrrole nitrogens is 1. The number of hydrogen-bond acceptors (Lipinski definition) is 6. The molecule has 0 fully saturated rings. The molecule has 0 saturated heterocycles. The highest BCUT2D eigenvalue weighted by Crippen LogP contribution is 2.31. The molecule has 0 aliphatic heterocycles. The molecule has 0 atom stereocenters. The summed E-state index contributed by atoms with van der Waals surface area (Å²) in [5, 5.41) is 13.2. The van der Waals surface area contributed by atoms with E-state index < -0.39 is 11.8 Å². The van der Waals surface area contributed by atoms with Crippen molar-refractivity contribution in [3.05, 3.63) is 73.1 Å². The number of ether oxygens (including phenoxy) is 1. The molecule has 0 aliphatic rings. The second kappa shape index (κ2) is 10.8. The number of amides is 2. The molecular weight excluding hydrogens is 499 g/mol. The second-order valence-corrected chi connectivity index (χ2v) is 9.60. The number of urea groups is 1. The smallest absolute Gasteiger partial charge is 0.323 e. The Morgan fingerprint density at radius 2 is 1.77 bits per heavy atom. The van der Waals surface area contributed by atoms with Crippen molar-refractivity contribution in [3.8, 4) is 22.8 Å². The monoisotopic (exact) mass is 528 g/mol. The van der Waals surface area contributed by atoms with E-state index in [0.29, 0.717) is 22.9 Å². The number of carbonyl (C=O) groups excluding carboxylic acids is 1. The van der Waals surface area contributed by atoms with Crippen LogP contribution in [0, 0.1) is 5.82 Å². The number of fused-ring (bicyclic) bond motifs is 1. The van der Waals surface area contributed by atoms with E-state index in [4.69, 9.17) is 4.74 Å². The van der Waals surface area contributed by atoms with E-state index >= 15 is 0 Å².